The number of rotatable bonds is 12. The van der Waals surface area contributed by atoms with Crippen molar-refractivity contribution in [2.45, 2.75) is 62.6 Å². The summed E-state index contributed by atoms with van der Waals surface area (Å²) in [5.41, 5.74) is 11.4. The van der Waals surface area contributed by atoms with Crippen LogP contribution in [-0.4, -0.2) is 44.0 Å². The average molecular weight is 763 g/mol. The summed E-state index contributed by atoms with van der Waals surface area (Å²) >= 11 is 10.9. The molecule has 2 amide bonds. The van der Waals surface area contributed by atoms with E-state index in [1.807, 2.05) is 54.6 Å². The Balaban J connectivity index is 1.15. The first-order valence-corrected chi connectivity index (χ1v) is 18.9. The maximum Gasteiger partial charge on any atom is 0.327 e. The predicted molar refractivity (Wildman–Crippen MR) is 210 cm³/mol. The first-order valence-electron chi connectivity index (χ1n) is 16.6. The molecule has 0 unspecified atom stereocenters. The van der Waals surface area contributed by atoms with Crippen LogP contribution in [-0.2, 0) is 24.4 Å². The monoisotopic (exact) mass is 762 g/mol. The third-order valence-corrected chi connectivity index (χ3v) is 10.2. The number of thiol groups is 1. The van der Waals surface area contributed by atoms with Gasteiger partial charge in [-0.05, 0) is 106 Å². The molecule has 0 saturated carbocycles. The first-order chi connectivity index (χ1) is 24.6. The second kappa shape index (κ2) is 16.4. The highest BCUT2D eigenvalue weighted by Crippen LogP contribution is 2.31. The molecule has 4 aromatic rings. The Labute approximate surface area is 315 Å². The molecular weight excluding hydrogens is 720 g/mol. The molecule has 11 nitrogen and oxygen atoms in total. The van der Waals surface area contributed by atoms with E-state index >= 15 is 0 Å². The lowest BCUT2D eigenvalue weighted by atomic mass is 9.79. The van der Waals surface area contributed by atoms with Crippen LogP contribution in [0.3, 0.4) is 0 Å². The zero-order valence-corrected chi connectivity index (χ0v) is 31.8. The van der Waals surface area contributed by atoms with Gasteiger partial charge in [-0.1, -0.05) is 60.1 Å². The Kier molecular flexibility index (Phi) is 12.2. The fraction of sp³-hybridized carbons (Fsp3) is 0.263. The topological polar surface area (TPSA) is 150 Å². The maximum absolute atomic E-state index is 13.3. The van der Waals surface area contributed by atoms with E-state index in [0.717, 1.165) is 16.7 Å². The Morgan fingerprint density at radius 3 is 2.08 bits per heavy atom. The molecule has 0 spiro atoms. The summed E-state index contributed by atoms with van der Waals surface area (Å²) in [6, 6.07) is 29.5. The van der Waals surface area contributed by atoms with Gasteiger partial charge in [0, 0.05) is 38.3 Å². The van der Waals surface area contributed by atoms with Crippen molar-refractivity contribution >= 4 is 68.7 Å². The molecule has 1 aliphatic heterocycles. The molecule has 4 aromatic carbocycles. The normalized spacial score (nSPS) is 15.9. The van der Waals surface area contributed by atoms with E-state index in [9.17, 15) is 18.0 Å². The summed E-state index contributed by atoms with van der Waals surface area (Å²) in [4.78, 5) is 31.5. The molecule has 0 aliphatic carbocycles. The molecule has 5 rings (SSSR count). The van der Waals surface area contributed by atoms with Crippen molar-refractivity contribution in [1.29, 1.82) is 0 Å². The average Bonchev–Trinajstić information content (AvgIpc) is 3.08. The molecule has 1 saturated heterocycles. The van der Waals surface area contributed by atoms with Gasteiger partial charge < -0.3 is 10.6 Å². The van der Waals surface area contributed by atoms with Crippen molar-refractivity contribution in [1.82, 2.24) is 16.1 Å². The highest BCUT2D eigenvalue weighted by Gasteiger charge is 2.38. The summed E-state index contributed by atoms with van der Waals surface area (Å²) < 4.78 is 29.1. The number of hydrazine groups is 1. The molecule has 52 heavy (non-hydrogen) atoms. The van der Waals surface area contributed by atoms with Crippen LogP contribution in [0.25, 0.3) is 5.57 Å². The van der Waals surface area contributed by atoms with Gasteiger partial charge in [-0.2, -0.15) is 0 Å². The van der Waals surface area contributed by atoms with Gasteiger partial charge in [0.15, 0.2) is 0 Å². The van der Waals surface area contributed by atoms with Gasteiger partial charge in [0.05, 0.1) is 16.3 Å². The molecule has 1 heterocycles. The highest BCUT2D eigenvalue weighted by atomic mass is 35.5. The van der Waals surface area contributed by atoms with Crippen LogP contribution >= 0.6 is 24.2 Å². The van der Waals surface area contributed by atoms with Crippen molar-refractivity contribution in [3.8, 4) is 0 Å². The Morgan fingerprint density at radius 1 is 0.808 bits per heavy atom. The molecule has 274 valence electrons. The van der Waals surface area contributed by atoms with Crippen LogP contribution in [0.2, 0.25) is 5.02 Å². The number of halogens is 1. The van der Waals surface area contributed by atoms with Crippen molar-refractivity contribution in [3.63, 3.8) is 0 Å². The van der Waals surface area contributed by atoms with Crippen LogP contribution in [0.4, 0.5) is 17.1 Å². The van der Waals surface area contributed by atoms with Gasteiger partial charge in [0.1, 0.15) is 6.61 Å². The van der Waals surface area contributed by atoms with Crippen molar-refractivity contribution < 1.29 is 22.8 Å². The van der Waals surface area contributed by atoms with Gasteiger partial charge in [-0.3, -0.25) is 35.5 Å². The fourth-order valence-electron chi connectivity index (χ4n) is 6.40. The number of hydrogen-bond acceptors (Lipinski definition) is 9. The van der Waals surface area contributed by atoms with E-state index in [1.165, 1.54) is 24.3 Å². The van der Waals surface area contributed by atoms with Crippen molar-refractivity contribution in [2.24, 2.45) is 0 Å². The van der Waals surface area contributed by atoms with Crippen LogP contribution in [0.15, 0.2) is 113 Å². The number of hydrogen-bond donors (Lipinski definition) is 7. The summed E-state index contributed by atoms with van der Waals surface area (Å²) in [5.74, 6) is -1.58. The number of sulfonamides is 1. The lowest BCUT2D eigenvalue weighted by molar-refractivity contribution is -0.139. The number of carbonyl (C=O) groups is 2. The molecule has 14 heteroatoms. The lowest BCUT2D eigenvalue weighted by Gasteiger charge is -2.46. The SMILES string of the molecule is CC1(C)CC(NC(=O)C(=O)NNc2ccc(NS(=O)(=O)c3cccc(NOC/C(S)=C(/c4ccccc4)c4ccc(Cl)cc4)c3)cc2)CC(C)(C)N1. The highest BCUT2D eigenvalue weighted by molar-refractivity contribution is 7.92. The summed E-state index contributed by atoms with van der Waals surface area (Å²) in [5, 5.41) is 6.99. The van der Waals surface area contributed by atoms with Gasteiger partial charge in [-0.15, -0.1) is 12.6 Å². The molecule has 1 fully saturated rings. The Morgan fingerprint density at radius 2 is 1.42 bits per heavy atom. The van der Waals surface area contributed by atoms with Gasteiger partial charge >= 0.3 is 11.8 Å². The van der Waals surface area contributed by atoms with E-state index in [-0.39, 0.29) is 28.6 Å². The summed E-state index contributed by atoms with van der Waals surface area (Å²) in [6.07, 6.45) is 1.37. The van der Waals surface area contributed by atoms with E-state index in [4.69, 9.17) is 29.1 Å². The number of anilines is 3. The first kappa shape index (κ1) is 38.7. The molecule has 0 aromatic heterocycles. The van der Waals surface area contributed by atoms with Crippen LogP contribution in [0, 0.1) is 0 Å². The third-order valence-electron chi connectivity index (χ3n) is 8.22. The zero-order chi connectivity index (χ0) is 37.5. The zero-order valence-electron chi connectivity index (χ0n) is 29.3. The van der Waals surface area contributed by atoms with E-state index in [2.05, 4.69) is 59.4 Å². The second-order valence-corrected chi connectivity index (χ2v) is 16.5. The number of piperidine rings is 1. The largest absolute Gasteiger partial charge is 0.345 e. The maximum atomic E-state index is 13.3. The Hall–Kier alpha value is -4.53. The van der Waals surface area contributed by atoms with Crippen molar-refractivity contribution in [3.05, 3.63) is 124 Å². The van der Waals surface area contributed by atoms with Crippen molar-refractivity contribution in [2.75, 3.05) is 22.2 Å². The van der Waals surface area contributed by atoms with Crippen LogP contribution in [0.5, 0.6) is 0 Å². The smallest absolute Gasteiger partial charge is 0.327 e. The fourth-order valence-corrected chi connectivity index (χ4v) is 7.96. The molecule has 6 N–H and O–H groups in total. The minimum atomic E-state index is -3.98. The van der Waals surface area contributed by atoms with E-state index in [0.29, 0.717) is 39.8 Å². The van der Waals surface area contributed by atoms with Crippen LogP contribution in [0.1, 0.15) is 51.7 Å². The van der Waals surface area contributed by atoms with E-state index < -0.39 is 21.8 Å². The number of amides is 2. The van der Waals surface area contributed by atoms with Gasteiger partial charge in [0.25, 0.3) is 10.0 Å². The minimum Gasteiger partial charge on any atom is -0.345 e. The Bertz CT molecular complexity index is 2010. The summed E-state index contributed by atoms with van der Waals surface area (Å²) in [7, 11) is -3.98. The van der Waals surface area contributed by atoms with Gasteiger partial charge in [-0.25, -0.2) is 8.42 Å². The van der Waals surface area contributed by atoms with Gasteiger partial charge in [0.2, 0.25) is 0 Å². The number of carbonyl (C=O) groups excluding carboxylic acids is 2. The molecule has 0 radical (unpaired) electrons. The lowest BCUT2D eigenvalue weighted by Crippen LogP contribution is -2.63. The summed E-state index contributed by atoms with van der Waals surface area (Å²) in [6.45, 7) is 8.34. The standard InChI is InChI=1S/C38H43ClN6O5S2/c1-37(2)22-31(23-38(3,4)45-37)40-35(46)36(47)42-41-28-17-19-29(20-18-28)44-52(48,49)32-12-8-11-30(21-32)43-50-24-33(51)34(25-9-6-5-7-10-25)26-13-15-27(39)16-14-26/h5-21,31,41,43-45,51H,22-24H2,1-4H3,(H,40,46)(H,42,47)/b34-33+. The molecule has 1 aliphatic rings. The van der Waals surface area contributed by atoms with E-state index in [1.54, 1.807) is 24.3 Å². The number of benzene rings is 4. The molecular formula is C38H43ClN6O5S2. The quantitative estimate of drug-likeness (QED) is 0.0477. The minimum absolute atomic E-state index is 0.00915. The third kappa shape index (κ3) is 10.7. The predicted octanol–water partition coefficient (Wildman–Crippen LogP) is 6.74. The second-order valence-electron chi connectivity index (χ2n) is 13.8. The van der Waals surface area contributed by atoms with Crippen LogP contribution < -0.4 is 31.7 Å². The molecule has 0 atom stereocenters. The molecule has 0 bridgehead atoms. The number of nitrogens with one attached hydrogen (secondary N) is 6.